The largest absolute Gasteiger partial charge is 0.501 e. The van der Waals surface area contributed by atoms with Crippen molar-refractivity contribution in [2.75, 3.05) is 0 Å². The van der Waals surface area contributed by atoms with E-state index in [4.69, 9.17) is 0 Å². The van der Waals surface area contributed by atoms with Crippen molar-refractivity contribution in [3.8, 4) is 5.75 Å². The number of amides is 1. The van der Waals surface area contributed by atoms with Crippen LogP contribution in [0.2, 0.25) is 0 Å². The van der Waals surface area contributed by atoms with E-state index in [0.29, 0.717) is 0 Å². The van der Waals surface area contributed by atoms with Crippen LogP contribution in [-0.2, 0) is 25.7 Å². The number of carbonyl (C=O) groups excluding carboxylic acids is 1. The summed E-state index contributed by atoms with van der Waals surface area (Å²) in [4.78, 5) is 29.2. The molecule has 0 unspecified atom stereocenters. The number of aromatic nitrogens is 2. The molecular formula is C22H20F3N3O3. The second-order valence-corrected chi connectivity index (χ2v) is 6.77. The van der Waals surface area contributed by atoms with Gasteiger partial charge in [-0.3, -0.25) is 14.2 Å². The number of nitrogens with zero attached hydrogens (tertiary/aromatic N) is 2. The molecule has 0 bridgehead atoms. The average molecular weight is 431 g/mol. The topological polar surface area (TPSA) is 84.2 Å². The van der Waals surface area contributed by atoms with Crippen molar-refractivity contribution in [3.05, 3.63) is 93.2 Å². The van der Waals surface area contributed by atoms with Crippen molar-refractivity contribution in [1.29, 1.82) is 0 Å². The number of hydrogen-bond donors (Lipinski definition) is 2. The molecule has 1 heterocycles. The molecular weight excluding hydrogens is 411 g/mol. The number of alkyl halides is 3. The predicted molar refractivity (Wildman–Crippen MR) is 108 cm³/mol. The van der Waals surface area contributed by atoms with Gasteiger partial charge in [-0.2, -0.15) is 13.2 Å². The second kappa shape index (κ2) is 9.03. The molecule has 31 heavy (non-hydrogen) atoms. The van der Waals surface area contributed by atoms with Crippen LogP contribution >= 0.6 is 0 Å². The van der Waals surface area contributed by atoms with Gasteiger partial charge in [0.15, 0.2) is 5.69 Å². The molecule has 0 aliphatic carbocycles. The Morgan fingerprint density at radius 1 is 1.10 bits per heavy atom. The summed E-state index contributed by atoms with van der Waals surface area (Å²) in [5, 5.41) is 12.8. The van der Waals surface area contributed by atoms with Crippen LogP contribution in [0.15, 0.2) is 59.4 Å². The van der Waals surface area contributed by atoms with Crippen LogP contribution in [0.5, 0.6) is 5.75 Å². The summed E-state index contributed by atoms with van der Waals surface area (Å²) in [6.45, 7) is 1.79. The number of benzene rings is 2. The van der Waals surface area contributed by atoms with Gasteiger partial charge in [0, 0.05) is 19.5 Å². The highest BCUT2D eigenvalue weighted by Gasteiger charge is 2.33. The lowest BCUT2D eigenvalue weighted by Crippen LogP contribution is -2.31. The summed E-state index contributed by atoms with van der Waals surface area (Å²) < 4.78 is 41.1. The lowest BCUT2D eigenvalue weighted by Gasteiger charge is -2.16. The van der Waals surface area contributed by atoms with Crippen LogP contribution in [0, 0.1) is 0 Å². The number of hydrogen-bond acceptors (Lipinski definition) is 4. The van der Waals surface area contributed by atoms with Gasteiger partial charge in [-0.15, -0.1) is 0 Å². The molecule has 3 aromatic rings. The van der Waals surface area contributed by atoms with Gasteiger partial charge in [-0.25, -0.2) is 4.98 Å². The van der Waals surface area contributed by atoms with Crippen LogP contribution in [0.4, 0.5) is 13.2 Å². The molecule has 6 nitrogen and oxygen atoms in total. The third kappa shape index (κ3) is 4.93. The van der Waals surface area contributed by atoms with Crippen LogP contribution in [0.25, 0.3) is 0 Å². The first-order valence-electron chi connectivity index (χ1n) is 9.52. The third-order valence-electron chi connectivity index (χ3n) is 4.72. The molecule has 1 aromatic heterocycles. The zero-order valence-corrected chi connectivity index (χ0v) is 16.6. The van der Waals surface area contributed by atoms with E-state index < -0.39 is 34.6 Å². The van der Waals surface area contributed by atoms with E-state index in [1.165, 1.54) is 18.2 Å². The Balaban J connectivity index is 1.97. The van der Waals surface area contributed by atoms with E-state index in [1.807, 2.05) is 6.07 Å². The Morgan fingerprint density at radius 3 is 2.39 bits per heavy atom. The second-order valence-electron chi connectivity index (χ2n) is 6.77. The normalized spacial score (nSPS) is 11.4. The molecule has 0 radical (unpaired) electrons. The minimum absolute atomic E-state index is 0.0492. The Hall–Kier alpha value is -3.62. The summed E-state index contributed by atoms with van der Waals surface area (Å²) >= 11 is 0. The van der Waals surface area contributed by atoms with Crippen LogP contribution in [-0.4, -0.2) is 20.6 Å². The minimum atomic E-state index is -4.58. The lowest BCUT2D eigenvalue weighted by molar-refractivity contribution is -0.138. The lowest BCUT2D eigenvalue weighted by atomic mass is 10.0. The molecule has 0 saturated heterocycles. The fraction of sp³-hybridized carbons (Fsp3) is 0.227. The summed E-state index contributed by atoms with van der Waals surface area (Å²) in [6, 6.07) is 13.9. The number of rotatable bonds is 6. The monoisotopic (exact) mass is 431 g/mol. The van der Waals surface area contributed by atoms with E-state index >= 15 is 0 Å². The Kier molecular flexibility index (Phi) is 6.43. The van der Waals surface area contributed by atoms with Gasteiger partial charge < -0.3 is 10.4 Å². The predicted octanol–water partition coefficient (Wildman–Crippen LogP) is 3.51. The molecule has 0 atom stereocenters. The highest BCUT2D eigenvalue weighted by Crippen LogP contribution is 2.32. The average Bonchev–Trinajstić information content (AvgIpc) is 2.75. The van der Waals surface area contributed by atoms with Crippen molar-refractivity contribution < 1.29 is 23.1 Å². The van der Waals surface area contributed by atoms with Crippen molar-refractivity contribution >= 4 is 5.91 Å². The Morgan fingerprint density at radius 2 is 1.74 bits per heavy atom. The molecule has 0 fully saturated rings. The summed E-state index contributed by atoms with van der Waals surface area (Å²) in [5.41, 5.74) is -1.57. The van der Waals surface area contributed by atoms with E-state index in [-0.39, 0.29) is 30.9 Å². The molecule has 0 aliphatic rings. The zero-order chi connectivity index (χ0) is 22.6. The molecule has 162 valence electrons. The van der Waals surface area contributed by atoms with Crippen LogP contribution in [0.3, 0.4) is 0 Å². The van der Waals surface area contributed by atoms with Crippen molar-refractivity contribution in [1.82, 2.24) is 14.9 Å². The SMILES string of the molecule is CCn1c(Cc2ccccc2C(F)(F)F)nc(C(=O)NCc2ccccc2)c(O)c1=O. The van der Waals surface area contributed by atoms with Gasteiger partial charge in [0.25, 0.3) is 11.5 Å². The molecule has 0 aliphatic heterocycles. The smallest absolute Gasteiger partial charge is 0.416 e. The van der Waals surface area contributed by atoms with E-state index in [0.717, 1.165) is 16.2 Å². The Labute approximate surface area is 176 Å². The first-order valence-corrected chi connectivity index (χ1v) is 9.52. The van der Waals surface area contributed by atoms with Gasteiger partial charge in [0.05, 0.1) is 5.56 Å². The summed E-state index contributed by atoms with van der Waals surface area (Å²) in [6.07, 6.45) is -4.92. The van der Waals surface area contributed by atoms with Gasteiger partial charge in [0.1, 0.15) is 5.82 Å². The van der Waals surface area contributed by atoms with E-state index in [2.05, 4.69) is 10.3 Å². The van der Waals surface area contributed by atoms with E-state index in [9.17, 15) is 27.9 Å². The fourth-order valence-electron chi connectivity index (χ4n) is 3.19. The number of aromatic hydroxyl groups is 1. The third-order valence-corrected chi connectivity index (χ3v) is 4.72. The van der Waals surface area contributed by atoms with Gasteiger partial charge >= 0.3 is 6.18 Å². The number of carbonyl (C=O) groups is 1. The number of halogens is 3. The molecule has 2 aromatic carbocycles. The first-order chi connectivity index (χ1) is 14.7. The maximum atomic E-state index is 13.4. The quantitative estimate of drug-likeness (QED) is 0.626. The van der Waals surface area contributed by atoms with Gasteiger partial charge in [-0.05, 0) is 24.1 Å². The molecule has 2 N–H and O–H groups in total. The maximum absolute atomic E-state index is 13.4. The molecule has 3 rings (SSSR count). The van der Waals surface area contributed by atoms with Crippen LogP contribution < -0.4 is 10.9 Å². The highest BCUT2D eigenvalue weighted by molar-refractivity contribution is 5.94. The zero-order valence-electron chi connectivity index (χ0n) is 16.6. The van der Waals surface area contributed by atoms with E-state index in [1.54, 1.807) is 31.2 Å². The highest BCUT2D eigenvalue weighted by atomic mass is 19.4. The van der Waals surface area contributed by atoms with Gasteiger partial charge in [-0.1, -0.05) is 48.5 Å². The first kappa shape index (κ1) is 22.1. The number of nitrogens with one attached hydrogen (secondary N) is 1. The minimum Gasteiger partial charge on any atom is -0.501 e. The van der Waals surface area contributed by atoms with Crippen molar-refractivity contribution in [3.63, 3.8) is 0 Å². The standard InChI is InChI=1S/C22H20F3N3O3/c1-2-28-17(12-15-10-6-7-11-16(15)22(23,24)25)27-18(19(29)21(28)31)20(30)26-13-14-8-4-3-5-9-14/h3-11,29H,2,12-13H2,1H3,(H,26,30). The molecule has 9 heteroatoms. The molecule has 0 spiro atoms. The summed E-state index contributed by atoms with van der Waals surface area (Å²) in [5.74, 6) is -1.70. The van der Waals surface area contributed by atoms with Gasteiger partial charge in [0.2, 0.25) is 5.75 Å². The molecule has 1 amide bonds. The van der Waals surface area contributed by atoms with Crippen LogP contribution in [0.1, 0.15) is 39.9 Å². The van der Waals surface area contributed by atoms with Crippen molar-refractivity contribution in [2.45, 2.75) is 32.6 Å². The Bertz CT molecular complexity index is 1140. The fourth-order valence-corrected chi connectivity index (χ4v) is 3.19. The maximum Gasteiger partial charge on any atom is 0.416 e. The van der Waals surface area contributed by atoms with Crippen molar-refractivity contribution in [2.24, 2.45) is 0 Å². The molecule has 0 saturated carbocycles. The summed E-state index contributed by atoms with van der Waals surface area (Å²) in [7, 11) is 0.